The van der Waals surface area contributed by atoms with Crippen LogP contribution in [0.15, 0.2) is 18.9 Å². The molecule has 0 aromatic carbocycles. The molecular weight excluding hydrogens is 314 g/mol. The van der Waals surface area contributed by atoms with Gasteiger partial charge in [0, 0.05) is 45.0 Å². The molecule has 3 heterocycles. The Kier molecular flexibility index (Phi) is 3.86. The van der Waals surface area contributed by atoms with Crippen molar-refractivity contribution >= 4 is 0 Å². The molecule has 0 radical (unpaired) electrons. The third-order valence-corrected chi connectivity index (χ3v) is 5.67. The van der Waals surface area contributed by atoms with Crippen LogP contribution < -0.4 is 0 Å². The maximum atomic E-state index is 13.2. The molecule has 130 valence electrons. The lowest BCUT2D eigenvalue weighted by Crippen LogP contribution is -2.39. The Morgan fingerprint density at radius 1 is 1.29 bits per heavy atom. The van der Waals surface area contributed by atoms with Crippen LogP contribution in [0.5, 0.6) is 0 Å². The SMILES string of the molecule is Cn1cc(CN2CC(Cn3cnnc3)C3(CCC3)C2)c(C(F)F)n1. The zero-order valence-corrected chi connectivity index (χ0v) is 13.8. The summed E-state index contributed by atoms with van der Waals surface area (Å²) in [6.45, 7) is 3.36. The quantitative estimate of drug-likeness (QED) is 0.840. The van der Waals surface area contributed by atoms with E-state index in [2.05, 4.69) is 20.2 Å². The lowest BCUT2D eigenvalue weighted by atomic mass is 9.63. The van der Waals surface area contributed by atoms with E-state index in [-0.39, 0.29) is 5.69 Å². The maximum absolute atomic E-state index is 13.2. The Labute approximate surface area is 139 Å². The molecule has 1 saturated carbocycles. The van der Waals surface area contributed by atoms with Crippen LogP contribution in [0, 0.1) is 11.3 Å². The molecule has 1 spiro atoms. The third-order valence-electron chi connectivity index (χ3n) is 5.67. The van der Waals surface area contributed by atoms with Gasteiger partial charge in [0.15, 0.2) is 0 Å². The standard InChI is InChI=1S/C16H22F2N6/c1-22-5-12(14(21-22)15(17)18)6-23-7-13(8-24-10-19-20-11-24)16(9-23)3-2-4-16/h5,10-11,13,15H,2-4,6-9H2,1H3. The fraction of sp³-hybridized carbons (Fsp3) is 0.688. The summed E-state index contributed by atoms with van der Waals surface area (Å²) < 4.78 is 29.8. The molecule has 2 aromatic heterocycles. The normalized spacial score (nSPS) is 23.2. The van der Waals surface area contributed by atoms with Crippen molar-refractivity contribution in [3.63, 3.8) is 0 Å². The van der Waals surface area contributed by atoms with Gasteiger partial charge in [0.2, 0.25) is 0 Å². The van der Waals surface area contributed by atoms with Gasteiger partial charge in [-0.1, -0.05) is 6.42 Å². The number of alkyl halides is 2. The Bertz CT molecular complexity index is 691. The average molecular weight is 336 g/mol. The Balaban J connectivity index is 1.49. The molecule has 0 bridgehead atoms. The molecule has 1 atom stereocenters. The number of nitrogens with zero attached hydrogens (tertiary/aromatic N) is 6. The molecule has 8 heteroatoms. The summed E-state index contributed by atoms with van der Waals surface area (Å²) in [5.41, 5.74) is 0.895. The monoisotopic (exact) mass is 336 g/mol. The molecule has 24 heavy (non-hydrogen) atoms. The number of aromatic nitrogens is 5. The van der Waals surface area contributed by atoms with Gasteiger partial charge in [-0.05, 0) is 24.2 Å². The van der Waals surface area contributed by atoms with E-state index in [0.29, 0.717) is 23.4 Å². The predicted molar refractivity (Wildman–Crippen MR) is 83.2 cm³/mol. The van der Waals surface area contributed by atoms with E-state index >= 15 is 0 Å². The fourth-order valence-corrected chi connectivity index (χ4v) is 4.39. The summed E-state index contributed by atoms with van der Waals surface area (Å²) in [7, 11) is 1.70. The number of hydrogen-bond acceptors (Lipinski definition) is 4. The fourth-order valence-electron chi connectivity index (χ4n) is 4.39. The summed E-state index contributed by atoms with van der Waals surface area (Å²) in [4.78, 5) is 2.32. The van der Waals surface area contributed by atoms with Crippen molar-refractivity contribution in [1.29, 1.82) is 0 Å². The number of hydrogen-bond donors (Lipinski definition) is 0. The molecule has 1 aliphatic carbocycles. The Morgan fingerprint density at radius 3 is 2.67 bits per heavy atom. The van der Waals surface area contributed by atoms with Gasteiger partial charge in [0.25, 0.3) is 6.43 Å². The van der Waals surface area contributed by atoms with Crippen LogP contribution in [0.25, 0.3) is 0 Å². The Morgan fingerprint density at radius 2 is 2.04 bits per heavy atom. The minimum absolute atomic E-state index is 0.0811. The van der Waals surface area contributed by atoms with Gasteiger partial charge in [-0.2, -0.15) is 5.10 Å². The highest BCUT2D eigenvalue weighted by molar-refractivity contribution is 5.19. The van der Waals surface area contributed by atoms with Crippen molar-refractivity contribution in [3.8, 4) is 0 Å². The summed E-state index contributed by atoms with van der Waals surface area (Å²) in [5, 5.41) is 11.7. The summed E-state index contributed by atoms with van der Waals surface area (Å²) in [6, 6.07) is 0. The maximum Gasteiger partial charge on any atom is 0.282 e. The number of halogens is 2. The second-order valence-corrected chi connectivity index (χ2v) is 7.26. The molecule has 2 aliphatic rings. The lowest BCUT2D eigenvalue weighted by Gasteiger charge is -2.43. The van der Waals surface area contributed by atoms with Crippen LogP contribution in [0.4, 0.5) is 8.78 Å². The minimum atomic E-state index is -2.52. The van der Waals surface area contributed by atoms with Crippen LogP contribution in [-0.2, 0) is 20.1 Å². The van der Waals surface area contributed by atoms with Crippen molar-refractivity contribution in [1.82, 2.24) is 29.4 Å². The second kappa shape index (κ2) is 5.91. The number of aryl methyl sites for hydroxylation is 1. The van der Waals surface area contributed by atoms with Gasteiger partial charge in [0.1, 0.15) is 18.3 Å². The first-order valence-corrected chi connectivity index (χ1v) is 8.41. The van der Waals surface area contributed by atoms with Crippen LogP contribution in [0.1, 0.15) is 36.9 Å². The average Bonchev–Trinajstić information content (AvgIpc) is 3.18. The van der Waals surface area contributed by atoms with Gasteiger partial charge in [-0.25, -0.2) is 8.78 Å². The van der Waals surface area contributed by atoms with Gasteiger partial charge in [-0.3, -0.25) is 9.58 Å². The molecule has 0 N–H and O–H groups in total. The van der Waals surface area contributed by atoms with Gasteiger partial charge in [0.05, 0.1) is 0 Å². The smallest absolute Gasteiger partial charge is 0.282 e. The zero-order valence-electron chi connectivity index (χ0n) is 13.8. The number of rotatable bonds is 5. The van der Waals surface area contributed by atoms with E-state index in [1.54, 1.807) is 25.9 Å². The van der Waals surface area contributed by atoms with Crippen LogP contribution >= 0.6 is 0 Å². The van der Waals surface area contributed by atoms with E-state index in [1.807, 2.05) is 4.57 Å². The summed E-state index contributed by atoms with van der Waals surface area (Å²) in [5.74, 6) is 0.522. The highest BCUT2D eigenvalue weighted by Crippen LogP contribution is 2.52. The van der Waals surface area contributed by atoms with Crippen molar-refractivity contribution in [3.05, 3.63) is 30.1 Å². The molecule has 0 amide bonds. The molecule has 4 rings (SSSR count). The van der Waals surface area contributed by atoms with Crippen LogP contribution in [0.3, 0.4) is 0 Å². The van der Waals surface area contributed by atoms with Crippen molar-refractivity contribution in [2.75, 3.05) is 13.1 Å². The molecule has 1 unspecified atom stereocenters. The predicted octanol–water partition coefficient (Wildman–Crippen LogP) is 2.25. The van der Waals surface area contributed by atoms with Gasteiger partial charge in [-0.15, -0.1) is 10.2 Å². The van der Waals surface area contributed by atoms with E-state index in [0.717, 1.165) is 19.6 Å². The molecular formula is C16H22F2N6. The van der Waals surface area contributed by atoms with Crippen LogP contribution in [-0.4, -0.2) is 42.5 Å². The second-order valence-electron chi connectivity index (χ2n) is 7.26. The van der Waals surface area contributed by atoms with Crippen molar-refractivity contribution in [2.45, 2.75) is 38.8 Å². The van der Waals surface area contributed by atoms with Crippen LogP contribution in [0.2, 0.25) is 0 Å². The van der Waals surface area contributed by atoms with E-state index in [9.17, 15) is 8.78 Å². The molecule has 2 fully saturated rings. The third kappa shape index (κ3) is 2.72. The zero-order chi connectivity index (χ0) is 16.7. The first-order chi connectivity index (χ1) is 11.6. The van der Waals surface area contributed by atoms with E-state index < -0.39 is 6.43 Å². The number of likely N-dealkylation sites (tertiary alicyclic amines) is 1. The first kappa shape index (κ1) is 15.7. The highest BCUT2D eigenvalue weighted by atomic mass is 19.3. The molecule has 1 saturated heterocycles. The first-order valence-electron chi connectivity index (χ1n) is 8.41. The lowest BCUT2D eigenvalue weighted by molar-refractivity contribution is 0.0804. The van der Waals surface area contributed by atoms with Gasteiger partial charge < -0.3 is 4.57 Å². The van der Waals surface area contributed by atoms with Crippen molar-refractivity contribution < 1.29 is 8.78 Å². The summed E-state index contributed by atoms with van der Waals surface area (Å²) >= 11 is 0. The Hall–Kier alpha value is -1.83. The van der Waals surface area contributed by atoms with E-state index in [1.165, 1.54) is 23.9 Å². The largest absolute Gasteiger partial charge is 0.320 e. The van der Waals surface area contributed by atoms with Crippen molar-refractivity contribution in [2.24, 2.45) is 18.4 Å². The highest BCUT2D eigenvalue weighted by Gasteiger charge is 2.50. The topological polar surface area (TPSA) is 51.8 Å². The van der Waals surface area contributed by atoms with E-state index in [4.69, 9.17) is 0 Å². The summed E-state index contributed by atoms with van der Waals surface area (Å²) in [6.07, 6.45) is 6.44. The molecule has 6 nitrogen and oxygen atoms in total. The molecule has 1 aliphatic heterocycles. The molecule has 2 aromatic rings. The minimum Gasteiger partial charge on any atom is -0.320 e. The van der Waals surface area contributed by atoms with Gasteiger partial charge >= 0.3 is 0 Å².